The molecule has 0 aliphatic heterocycles. The summed E-state index contributed by atoms with van der Waals surface area (Å²) in [6.07, 6.45) is 0.633. The summed E-state index contributed by atoms with van der Waals surface area (Å²) in [6.45, 7) is 12.4. The van der Waals surface area contributed by atoms with Gasteiger partial charge in [-0.3, -0.25) is 0 Å². The number of aromatic carboxylic acids is 1. The van der Waals surface area contributed by atoms with Crippen molar-refractivity contribution in [3.63, 3.8) is 0 Å². The second-order valence-electron chi connectivity index (χ2n) is 8.72. The zero-order chi connectivity index (χ0) is 19.0. The van der Waals surface area contributed by atoms with E-state index in [1.165, 1.54) is 5.56 Å². The molecule has 0 aliphatic rings. The number of carboxylic acid groups (broad SMARTS) is 1. The van der Waals surface area contributed by atoms with Crippen LogP contribution in [0.4, 0.5) is 0 Å². The van der Waals surface area contributed by atoms with Gasteiger partial charge in [-0.05, 0) is 40.0 Å². The molecule has 0 aromatic heterocycles. The predicted octanol–water partition coefficient (Wildman–Crippen LogP) is 5.28. The van der Waals surface area contributed by atoms with Crippen molar-refractivity contribution in [1.82, 2.24) is 0 Å². The van der Waals surface area contributed by atoms with Crippen LogP contribution < -0.4 is 0 Å². The highest BCUT2D eigenvalue weighted by atomic mass is 16.4. The van der Waals surface area contributed by atoms with Gasteiger partial charge in [0.05, 0.1) is 0 Å². The molecule has 0 saturated heterocycles. The minimum absolute atomic E-state index is 0.0336. The van der Waals surface area contributed by atoms with E-state index in [0.717, 1.165) is 11.1 Å². The van der Waals surface area contributed by atoms with Gasteiger partial charge in [0.2, 0.25) is 0 Å². The van der Waals surface area contributed by atoms with Crippen LogP contribution >= 0.6 is 0 Å². The minimum atomic E-state index is -1.10. The summed E-state index contributed by atoms with van der Waals surface area (Å²) >= 11 is 0. The highest BCUT2D eigenvalue weighted by Gasteiger charge is 2.24. The highest BCUT2D eigenvalue weighted by Crippen LogP contribution is 2.35. The maximum Gasteiger partial charge on any atom is 0.339 e. The largest absolute Gasteiger partial charge is 0.507 e. The fraction of sp³-hybridized carbons (Fsp3) is 0.409. The molecule has 0 unspecified atom stereocenters. The topological polar surface area (TPSA) is 57.5 Å². The summed E-state index contributed by atoms with van der Waals surface area (Å²) in [6, 6.07) is 11.9. The number of phenols is 1. The average Bonchev–Trinajstić information content (AvgIpc) is 2.47. The van der Waals surface area contributed by atoms with Gasteiger partial charge in [-0.15, -0.1) is 0 Å². The number of hydrogen-bond donors (Lipinski definition) is 2. The van der Waals surface area contributed by atoms with Crippen molar-refractivity contribution in [3.05, 3.63) is 64.2 Å². The fourth-order valence-corrected chi connectivity index (χ4v) is 2.89. The van der Waals surface area contributed by atoms with E-state index < -0.39 is 5.97 Å². The lowest BCUT2D eigenvalue weighted by molar-refractivity contribution is 0.0693. The van der Waals surface area contributed by atoms with E-state index >= 15 is 0 Å². The van der Waals surface area contributed by atoms with Crippen molar-refractivity contribution < 1.29 is 15.0 Å². The first kappa shape index (κ1) is 19.0. The van der Waals surface area contributed by atoms with Crippen LogP contribution in [0.1, 0.15) is 74.2 Å². The van der Waals surface area contributed by atoms with E-state index in [-0.39, 0.29) is 22.1 Å². The molecule has 2 aromatic rings. The molecule has 0 spiro atoms. The number of benzene rings is 2. The average molecular weight is 340 g/mol. The van der Waals surface area contributed by atoms with Crippen LogP contribution in [-0.4, -0.2) is 16.2 Å². The third kappa shape index (κ3) is 4.41. The summed E-state index contributed by atoms with van der Waals surface area (Å²) in [7, 11) is 0. The third-order valence-corrected chi connectivity index (χ3v) is 4.44. The highest BCUT2D eigenvalue weighted by molar-refractivity contribution is 5.91. The van der Waals surface area contributed by atoms with Gasteiger partial charge in [-0.2, -0.15) is 0 Å². The van der Waals surface area contributed by atoms with E-state index in [9.17, 15) is 15.0 Å². The number of carbonyl (C=O) groups is 1. The molecular weight excluding hydrogens is 312 g/mol. The van der Waals surface area contributed by atoms with Crippen LogP contribution in [0.25, 0.3) is 0 Å². The molecule has 0 radical (unpaired) electrons. The number of rotatable bonds is 3. The molecule has 25 heavy (non-hydrogen) atoms. The predicted molar refractivity (Wildman–Crippen MR) is 102 cm³/mol. The molecule has 0 fully saturated rings. The van der Waals surface area contributed by atoms with Crippen LogP contribution in [0.3, 0.4) is 0 Å². The molecule has 134 valence electrons. The Morgan fingerprint density at radius 3 is 1.88 bits per heavy atom. The van der Waals surface area contributed by atoms with Gasteiger partial charge in [0.1, 0.15) is 11.3 Å². The van der Waals surface area contributed by atoms with Gasteiger partial charge < -0.3 is 10.2 Å². The van der Waals surface area contributed by atoms with Crippen LogP contribution in [0.15, 0.2) is 36.4 Å². The maximum atomic E-state index is 11.5. The van der Waals surface area contributed by atoms with Crippen molar-refractivity contribution >= 4 is 5.97 Å². The van der Waals surface area contributed by atoms with Crippen molar-refractivity contribution in [3.8, 4) is 5.75 Å². The number of carboxylic acids is 1. The van der Waals surface area contributed by atoms with Crippen molar-refractivity contribution in [2.75, 3.05) is 0 Å². The maximum absolute atomic E-state index is 11.5. The Labute approximate surface area is 150 Å². The van der Waals surface area contributed by atoms with Gasteiger partial charge in [0.15, 0.2) is 0 Å². The molecule has 0 saturated carbocycles. The molecule has 0 amide bonds. The van der Waals surface area contributed by atoms with Crippen LogP contribution in [0.5, 0.6) is 5.75 Å². The first-order valence-corrected chi connectivity index (χ1v) is 8.58. The van der Waals surface area contributed by atoms with Crippen molar-refractivity contribution in [1.29, 1.82) is 0 Å². The molecule has 3 nitrogen and oxygen atoms in total. The quantitative estimate of drug-likeness (QED) is 0.799. The summed E-state index contributed by atoms with van der Waals surface area (Å²) in [5.41, 5.74) is 3.68. The third-order valence-electron chi connectivity index (χ3n) is 4.44. The Hall–Kier alpha value is -2.29. The smallest absolute Gasteiger partial charge is 0.339 e. The van der Waals surface area contributed by atoms with Gasteiger partial charge >= 0.3 is 5.97 Å². The van der Waals surface area contributed by atoms with Crippen molar-refractivity contribution in [2.24, 2.45) is 0 Å². The zero-order valence-corrected chi connectivity index (χ0v) is 16.0. The zero-order valence-electron chi connectivity index (χ0n) is 16.0. The Balaban J connectivity index is 2.43. The second kappa shape index (κ2) is 6.55. The Morgan fingerprint density at radius 2 is 1.44 bits per heavy atom. The van der Waals surface area contributed by atoms with E-state index in [4.69, 9.17) is 0 Å². The number of hydrogen-bond acceptors (Lipinski definition) is 2. The Kier molecular flexibility index (Phi) is 4.99. The SMILES string of the molecule is CC(C)(C)c1ccc(Cc2cc(C(=O)O)c(O)c(C(C)(C)C)c2)cc1. The van der Waals surface area contributed by atoms with E-state index in [1.54, 1.807) is 6.07 Å². The molecule has 2 N–H and O–H groups in total. The molecule has 3 heteroatoms. The first-order chi connectivity index (χ1) is 11.4. The van der Waals surface area contributed by atoms with Crippen LogP contribution in [0.2, 0.25) is 0 Å². The van der Waals surface area contributed by atoms with Gasteiger partial charge in [0, 0.05) is 5.56 Å². The van der Waals surface area contributed by atoms with Crippen molar-refractivity contribution in [2.45, 2.75) is 58.8 Å². The summed E-state index contributed by atoms with van der Waals surface area (Å²) in [5.74, 6) is -1.24. The second-order valence-corrected chi connectivity index (χ2v) is 8.72. The molecule has 0 atom stereocenters. The molecule has 0 heterocycles. The lowest BCUT2D eigenvalue weighted by Gasteiger charge is -2.23. The lowest BCUT2D eigenvalue weighted by Crippen LogP contribution is -2.14. The van der Waals surface area contributed by atoms with Gasteiger partial charge in [-0.1, -0.05) is 71.9 Å². The van der Waals surface area contributed by atoms with Gasteiger partial charge in [0.25, 0.3) is 0 Å². The first-order valence-electron chi connectivity index (χ1n) is 8.58. The van der Waals surface area contributed by atoms with Crippen LogP contribution in [0, 0.1) is 0 Å². The standard InChI is InChI=1S/C22H28O3/c1-21(2,3)16-9-7-14(8-10-16)11-15-12-17(20(24)25)19(23)18(13-15)22(4,5)6/h7-10,12-13,23H,11H2,1-6H3,(H,24,25). The molecule has 2 aromatic carbocycles. The molecule has 0 aliphatic carbocycles. The summed E-state index contributed by atoms with van der Waals surface area (Å²) < 4.78 is 0. The minimum Gasteiger partial charge on any atom is -0.507 e. The van der Waals surface area contributed by atoms with E-state index in [2.05, 4.69) is 45.0 Å². The monoisotopic (exact) mass is 340 g/mol. The summed E-state index contributed by atoms with van der Waals surface area (Å²) in [4.78, 5) is 11.5. The van der Waals surface area contributed by atoms with E-state index in [0.29, 0.717) is 12.0 Å². The molecule has 2 rings (SSSR count). The lowest BCUT2D eigenvalue weighted by atomic mass is 9.83. The fourth-order valence-electron chi connectivity index (χ4n) is 2.89. The normalized spacial score (nSPS) is 12.2. The number of aromatic hydroxyl groups is 1. The Bertz CT molecular complexity index is 773. The molecule has 0 bridgehead atoms. The van der Waals surface area contributed by atoms with Gasteiger partial charge in [-0.25, -0.2) is 4.79 Å². The van der Waals surface area contributed by atoms with E-state index in [1.807, 2.05) is 26.8 Å². The molecular formula is C22H28O3. The Morgan fingerprint density at radius 1 is 0.880 bits per heavy atom. The van der Waals surface area contributed by atoms with Crippen LogP contribution in [-0.2, 0) is 17.3 Å². The summed E-state index contributed by atoms with van der Waals surface area (Å²) in [5, 5.41) is 19.7.